The van der Waals surface area contributed by atoms with Gasteiger partial charge in [0.05, 0.1) is 11.9 Å². The molecule has 2 aromatic rings. The molecule has 0 unspecified atom stereocenters. The Balaban J connectivity index is 2.20. The molecule has 0 radical (unpaired) electrons. The van der Waals surface area contributed by atoms with Gasteiger partial charge in [-0.15, -0.1) is 0 Å². The van der Waals surface area contributed by atoms with E-state index >= 15 is 0 Å². The summed E-state index contributed by atoms with van der Waals surface area (Å²) in [7, 11) is -3.60. The molecule has 0 spiro atoms. The van der Waals surface area contributed by atoms with Crippen LogP contribution >= 0.6 is 0 Å². The van der Waals surface area contributed by atoms with Crippen molar-refractivity contribution in [1.82, 2.24) is 5.32 Å². The van der Waals surface area contributed by atoms with Gasteiger partial charge in [0.1, 0.15) is 6.54 Å². The average Bonchev–Trinajstić information content (AvgIpc) is 2.52. The molecule has 0 atom stereocenters. The van der Waals surface area contributed by atoms with E-state index in [1.807, 2.05) is 76.2 Å². The third-order valence-electron chi connectivity index (χ3n) is 4.34. The predicted octanol–water partition coefficient (Wildman–Crippen LogP) is 3.21. The van der Waals surface area contributed by atoms with Crippen LogP contribution in [0, 0.1) is 13.8 Å². The highest BCUT2D eigenvalue weighted by atomic mass is 32.2. The fraction of sp³-hybridized carbons (Fsp3) is 0.381. The van der Waals surface area contributed by atoms with Gasteiger partial charge in [-0.2, -0.15) is 0 Å². The molecule has 0 heterocycles. The zero-order valence-electron chi connectivity index (χ0n) is 16.6. The number of sulfonamides is 1. The highest BCUT2D eigenvalue weighted by Crippen LogP contribution is 2.26. The summed E-state index contributed by atoms with van der Waals surface area (Å²) in [5, 5.41) is 2.97. The molecule has 0 fully saturated rings. The van der Waals surface area contributed by atoms with Crippen LogP contribution in [0.1, 0.15) is 30.5 Å². The third-order valence-corrected chi connectivity index (χ3v) is 5.46. The van der Waals surface area contributed by atoms with E-state index in [9.17, 15) is 13.2 Å². The van der Waals surface area contributed by atoms with Crippen LogP contribution in [0.25, 0.3) is 0 Å². The van der Waals surface area contributed by atoms with Gasteiger partial charge in [-0.3, -0.25) is 9.10 Å². The molecular weight excluding hydrogens is 360 g/mol. The Morgan fingerprint density at radius 2 is 1.56 bits per heavy atom. The van der Waals surface area contributed by atoms with Crippen molar-refractivity contribution in [3.8, 4) is 0 Å². The molecule has 5 nitrogen and oxygen atoms in total. The molecular formula is C21H28N2O3S. The Morgan fingerprint density at radius 1 is 1.00 bits per heavy atom. The Labute approximate surface area is 162 Å². The summed E-state index contributed by atoms with van der Waals surface area (Å²) in [6.45, 7) is 7.31. The second kappa shape index (κ2) is 8.13. The lowest BCUT2D eigenvalue weighted by Gasteiger charge is -2.30. The van der Waals surface area contributed by atoms with Gasteiger partial charge < -0.3 is 5.32 Å². The van der Waals surface area contributed by atoms with Crippen LogP contribution in [-0.4, -0.2) is 32.7 Å². The summed E-state index contributed by atoms with van der Waals surface area (Å²) in [5.74, 6) is -0.330. The maximum atomic E-state index is 12.7. The number of hydrogen-bond acceptors (Lipinski definition) is 3. The molecule has 0 saturated carbocycles. The van der Waals surface area contributed by atoms with Crippen molar-refractivity contribution in [2.75, 3.05) is 17.1 Å². The first-order valence-corrected chi connectivity index (χ1v) is 10.7. The highest BCUT2D eigenvalue weighted by molar-refractivity contribution is 7.92. The number of para-hydroxylation sites is 1. The van der Waals surface area contributed by atoms with Crippen molar-refractivity contribution in [3.05, 3.63) is 65.2 Å². The molecule has 0 aliphatic heterocycles. The average molecular weight is 389 g/mol. The maximum Gasteiger partial charge on any atom is 0.241 e. The lowest BCUT2D eigenvalue weighted by Crippen LogP contribution is -2.50. The molecule has 27 heavy (non-hydrogen) atoms. The van der Waals surface area contributed by atoms with Gasteiger partial charge >= 0.3 is 0 Å². The first kappa shape index (κ1) is 21.0. The number of anilines is 1. The van der Waals surface area contributed by atoms with Crippen molar-refractivity contribution < 1.29 is 13.2 Å². The van der Waals surface area contributed by atoms with Gasteiger partial charge in [-0.1, -0.05) is 48.5 Å². The number of carbonyl (C=O) groups excluding carboxylic acids is 1. The van der Waals surface area contributed by atoms with Gasteiger partial charge in [0, 0.05) is 5.54 Å². The molecule has 1 amide bonds. The third kappa shape index (κ3) is 5.82. The number of hydrogen-bond donors (Lipinski definition) is 1. The summed E-state index contributed by atoms with van der Waals surface area (Å²) < 4.78 is 25.9. The Kier molecular flexibility index (Phi) is 6.31. The van der Waals surface area contributed by atoms with Crippen molar-refractivity contribution in [2.24, 2.45) is 0 Å². The van der Waals surface area contributed by atoms with Gasteiger partial charge in [0.2, 0.25) is 15.9 Å². The second-order valence-corrected chi connectivity index (χ2v) is 9.51. The molecule has 0 bridgehead atoms. The molecule has 2 aromatic carbocycles. The molecule has 0 aliphatic rings. The number of nitrogens with zero attached hydrogens (tertiary/aromatic N) is 1. The SMILES string of the molecule is Cc1cccc(C)c1N(CC(=O)NC(C)(C)Cc1ccccc1)S(C)(=O)=O. The Hall–Kier alpha value is -2.34. The van der Waals surface area contributed by atoms with Crippen LogP contribution in [0.15, 0.2) is 48.5 Å². The van der Waals surface area contributed by atoms with E-state index in [4.69, 9.17) is 0 Å². The van der Waals surface area contributed by atoms with E-state index in [0.717, 1.165) is 22.9 Å². The first-order valence-electron chi connectivity index (χ1n) is 8.88. The minimum absolute atomic E-state index is 0.247. The van der Waals surface area contributed by atoms with Crippen LogP contribution in [0.3, 0.4) is 0 Å². The van der Waals surface area contributed by atoms with Crippen LogP contribution < -0.4 is 9.62 Å². The number of nitrogens with one attached hydrogen (secondary N) is 1. The zero-order valence-corrected chi connectivity index (χ0v) is 17.4. The second-order valence-electron chi connectivity index (χ2n) is 7.60. The normalized spacial score (nSPS) is 11.9. The van der Waals surface area contributed by atoms with Gasteiger partial charge in [0.15, 0.2) is 0 Å². The van der Waals surface area contributed by atoms with Crippen LogP contribution in [-0.2, 0) is 21.2 Å². The van der Waals surface area contributed by atoms with E-state index < -0.39 is 15.6 Å². The van der Waals surface area contributed by atoms with E-state index in [-0.39, 0.29) is 12.5 Å². The molecule has 1 N–H and O–H groups in total. The van der Waals surface area contributed by atoms with Gasteiger partial charge in [-0.05, 0) is 50.8 Å². The molecule has 0 saturated heterocycles. The standard InChI is InChI=1S/C21H28N2O3S/c1-16-10-9-11-17(2)20(16)23(27(5,25)26)15-19(24)22-21(3,4)14-18-12-7-6-8-13-18/h6-13H,14-15H2,1-5H3,(H,22,24). The van der Waals surface area contributed by atoms with E-state index in [1.54, 1.807) is 0 Å². The lowest BCUT2D eigenvalue weighted by molar-refractivity contribution is -0.121. The molecule has 6 heteroatoms. The largest absolute Gasteiger partial charge is 0.349 e. The lowest BCUT2D eigenvalue weighted by atomic mass is 9.95. The number of rotatable bonds is 7. The Morgan fingerprint density at radius 3 is 2.07 bits per heavy atom. The van der Waals surface area contributed by atoms with E-state index in [0.29, 0.717) is 12.1 Å². The summed E-state index contributed by atoms with van der Waals surface area (Å²) >= 11 is 0. The maximum absolute atomic E-state index is 12.7. The fourth-order valence-electron chi connectivity index (χ4n) is 3.26. The zero-order chi connectivity index (χ0) is 20.2. The molecule has 0 aliphatic carbocycles. The number of aryl methyl sites for hydroxylation is 2. The van der Waals surface area contributed by atoms with Crippen LogP contribution in [0.4, 0.5) is 5.69 Å². The summed E-state index contributed by atoms with van der Waals surface area (Å²) in [4.78, 5) is 12.7. The van der Waals surface area contributed by atoms with Gasteiger partial charge in [-0.25, -0.2) is 8.42 Å². The van der Waals surface area contributed by atoms with Crippen LogP contribution in [0.2, 0.25) is 0 Å². The number of benzene rings is 2. The minimum Gasteiger partial charge on any atom is -0.349 e. The molecule has 0 aromatic heterocycles. The summed E-state index contributed by atoms with van der Waals surface area (Å²) in [6, 6.07) is 15.4. The summed E-state index contributed by atoms with van der Waals surface area (Å²) in [5.41, 5.74) is 2.81. The van der Waals surface area contributed by atoms with Crippen molar-refractivity contribution in [1.29, 1.82) is 0 Å². The predicted molar refractivity (Wildman–Crippen MR) is 110 cm³/mol. The smallest absolute Gasteiger partial charge is 0.241 e. The van der Waals surface area contributed by atoms with Crippen molar-refractivity contribution >= 4 is 21.6 Å². The first-order chi connectivity index (χ1) is 12.5. The number of amides is 1. The molecule has 146 valence electrons. The van der Waals surface area contributed by atoms with Crippen molar-refractivity contribution in [2.45, 2.75) is 39.7 Å². The van der Waals surface area contributed by atoms with Crippen molar-refractivity contribution in [3.63, 3.8) is 0 Å². The highest BCUT2D eigenvalue weighted by Gasteiger charge is 2.27. The fourth-order valence-corrected chi connectivity index (χ4v) is 4.23. The summed E-state index contributed by atoms with van der Waals surface area (Å²) in [6.07, 6.45) is 1.78. The van der Waals surface area contributed by atoms with Gasteiger partial charge in [0.25, 0.3) is 0 Å². The Bertz CT molecular complexity index is 886. The topological polar surface area (TPSA) is 66.5 Å². The quantitative estimate of drug-likeness (QED) is 0.792. The van der Waals surface area contributed by atoms with Crippen LogP contribution in [0.5, 0.6) is 0 Å². The van der Waals surface area contributed by atoms with E-state index in [1.165, 1.54) is 4.31 Å². The van der Waals surface area contributed by atoms with E-state index in [2.05, 4.69) is 5.32 Å². The monoisotopic (exact) mass is 388 g/mol. The number of carbonyl (C=O) groups is 1. The minimum atomic E-state index is -3.60. The molecule has 2 rings (SSSR count).